The summed E-state index contributed by atoms with van der Waals surface area (Å²) in [7, 11) is -4.24. The number of ketones is 1. The molecule has 2 aromatic rings. The first-order valence-corrected chi connectivity index (χ1v) is 12.3. The van der Waals surface area contributed by atoms with Crippen LogP contribution in [0.5, 0.6) is 0 Å². The van der Waals surface area contributed by atoms with Gasteiger partial charge >= 0.3 is 7.60 Å². The van der Waals surface area contributed by atoms with Gasteiger partial charge in [0, 0.05) is 24.3 Å². The first kappa shape index (κ1) is 23.2. The Hall–Kier alpha value is -1.49. The second-order valence-electron chi connectivity index (χ2n) is 8.04. The van der Waals surface area contributed by atoms with E-state index in [1.807, 2.05) is 12.1 Å². The van der Waals surface area contributed by atoms with E-state index in [9.17, 15) is 19.1 Å². The number of rotatable bonds is 9. The average Bonchev–Trinajstić information content (AvgIpc) is 2.97. The molecule has 0 heterocycles. The van der Waals surface area contributed by atoms with Crippen LogP contribution in [0.3, 0.4) is 0 Å². The molecular formula is C23H28ClO5P. The number of benzene rings is 2. The summed E-state index contributed by atoms with van der Waals surface area (Å²) in [5, 5.41) is 8.98. The third-order valence-electron chi connectivity index (χ3n) is 5.97. The number of hydrogen-bond acceptors (Lipinski definition) is 3. The van der Waals surface area contributed by atoms with Gasteiger partial charge in [0.2, 0.25) is 0 Å². The molecule has 0 amide bonds. The van der Waals surface area contributed by atoms with Crippen molar-refractivity contribution in [2.75, 3.05) is 6.61 Å². The SMILES string of the molecule is O=C1CC(Cl)[C@H](CCc2cccc(CCO)c2)[C@H]1CCc1ccc(P(=O)(O)O)cc1. The van der Waals surface area contributed by atoms with Gasteiger partial charge in [-0.25, -0.2) is 0 Å². The summed E-state index contributed by atoms with van der Waals surface area (Å²) in [4.78, 5) is 31.0. The summed E-state index contributed by atoms with van der Waals surface area (Å²) in [6.45, 7) is 0.127. The Kier molecular flexibility index (Phi) is 7.89. The quantitative estimate of drug-likeness (QED) is 0.402. The van der Waals surface area contributed by atoms with Crippen LogP contribution in [0.1, 0.15) is 36.0 Å². The second kappa shape index (κ2) is 10.2. The summed E-state index contributed by atoms with van der Waals surface area (Å²) >= 11 is 6.53. The lowest BCUT2D eigenvalue weighted by molar-refractivity contribution is -0.121. The van der Waals surface area contributed by atoms with Crippen molar-refractivity contribution >= 4 is 30.3 Å². The first-order chi connectivity index (χ1) is 14.3. The minimum Gasteiger partial charge on any atom is -0.396 e. The number of aryl methyl sites for hydroxylation is 2. The third-order valence-corrected chi connectivity index (χ3v) is 7.41. The molecule has 1 saturated carbocycles. The normalized spacial score (nSPS) is 21.9. The zero-order valence-corrected chi connectivity index (χ0v) is 18.4. The van der Waals surface area contributed by atoms with Crippen molar-refractivity contribution < 1.29 is 24.3 Å². The van der Waals surface area contributed by atoms with E-state index in [0.717, 1.165) is 24.0 Å². The Labute approximate surface area is 182 Å². The standard InChI is InChI=1S/C23H28ClO5P/c24-22-15-23(26)21(11-6-16-4-8-19(9-5-16)30(27,28)29)20(22)10-7-17-2-1-3-18(14-17)12-13-25/h1-5,8-9,14,20-22,25H,6-7,10-13,15H2,(H2,27,28,29)/t20-,21-,22?/m1/s1. The van der Waals surface area contributed by atoms with Gasteiger partial charge in [0.05, 0.1) is 5.30 Å². The van der Waals surface area contributed by atoms with Crippen LogP contribution >= 0.6 is 19.2 Å². The van der Waals surface area contributed by atoms with Gasteiger partial charge in [-0.1, -0.05) is 36.4 Å². The number of hydrogen-bond donors (Lipinski definition) is 3. The van der Waals surface area contributed by atoms with Crippen LogP contribution < -0.4 is 5.30 Å². The first-order valence-electron chi connectivity index (χ1n) is 10.3. The summed E-state index contributed by atoms with van der Waals surface area (Å²) in [6.07, 6.45) is 4.07. The Morgan fingerprint density at radius 3 is 2.20 bits per heavy atom. The van der Waals surface area contributed by atoms with E-state index in [1.54, 1.807) is 12.1 Å². The van der Waals surface area contributed by atoms with Gasteiger partial charge in [0.15, 0.2) is 0 Å². The van der Waals surface area contributed by atoms with Gasteiger partial charge in [-0.3, -0.25) is 9.36 Å². The van der Waals surface area contributed by atoms with E-state index in [0.29, 0.717) is 25.7 Å². The fourth-order valence-electron chi connectivity index (χ4n) is 4.32. The van der Waals surface area contributed by atoms with Crippen LogP contribution in [0, 0.1) is 11.8 Å². The number of carbonyl (C=O) groups is 1. The molecule has 3 atom stereocenters. The van der Waals surface area contributed by atoms with Crippen molar-refractivity contribution in [1.29, 1.82) is 0 Å². The van der Waals surface area contributed by atoms with E-state index >= 15 is 0 Å². The molecule has 2 aromatic carbocycles. The number of aliphatic hydroxyl groups excluding tert-OH is 1. The smallest absolute Gasteiger partial charge is 0.356 e. The lowest BCUT2D eigenvalue weighted by atomic mass is 9.85. The zero-order chi connectivity index (χ0) is 21.7. The van der Waals surface area contributed by atoms with Gasteiger partial charge in [-0.15, -0.1) is 11.6 Å². The lowest BCUT2D eigenvalue weighted by Crippen LogP contribution is -2.20. The fraction of sp³-hybridized carbons (Fsp3) is 0.435. The van der Waals surface area contributed by atoms with E-state index < -0.39 is 7.60 Å². The number of alkyl halides is 1. The van der Waals surface area contributed by atoms with Crippen molar-refractivity contribution in [2.45, 2.75) is 43.9 Å². The highest BCUT2D eigenvalue weighted by atomic mass is 35.5. The Balaban J connectivity index is 1.61. The largest absolute Gasteiger partial charge is 0.396 e. The maximum atomic E-state index is 12.5. The van der Waals surface area contributed by atoms with E-state index in [1.165, 1.54) is 17.7 Å². The van der Waals surface area contributed by atoms with E-state index in [4.69, 9.17) is 16.7 Å². The molecule has 0 saturated heterocycles. The van der Waals surface area contributed by atoms with Gasteiger partial charge in [-0.05, 0) is 66.8 Å². The van der Waals surface area contributed by atoms with Crippen molar-refractivity contribution in [3.63, 3.8) is 0 Å². The number of halogens is 1. The minimum atomic E-state index is -4.24. The Morgan fingerprint density at radius 2 is 1.57 bits per heavy atom. The second-order valence-corrected chi connectivity index (χ2v) is 10.2. The highest BCUT2D eigenvalue weighted by Gasteiger charge is 2.40. The molecule has 0 aromatic heterocycles. The highest BCUT2D eigenvalue weighted by Crippen LogP contribution is 2.39. The molecule has 3 rings (SSSR count). The summed E-state index contributed by atoms with van der Waals surface area (Å²) in [6, 6.07) is 14.5. The predicted molar refractivity (Wildman–Crippen MR) is 118 cm³/mol. The molecule has 1 aliphatic carbocycles. The molecule has 3 N–H and O–H groups in total. The third kappa shape index (κ3) is 6.03. The molecule has 1 aliphatic rings. The molecule has 30 heavy (non-hydrogen) atoms. The molecule has 0 spiro atoms. The van der Waals surface area contributed by atoms with Crippen molar-refractivity contribution in [3.05, 3.63) is 65.2 Å². The maximum absolute atomic E-state index is 12.5. The Morgan fingerprint density at radius 1 is 0.933 bits per heavy atom. The summed E-state index contributed by atoms with van der Waals surface area (Å²) < 4.78 is 11.3. The summed E-state index contributed by atoms with van der Waals surface area (Å²) in [5.74, 6) is 0.241. The van der Waals surface area contributed by atoms with Gasteiger partial charge in [-0.2, -0.15) is 0 Å². The molecule has 1 fully saturated rings. The van der Waals surface area contributed by atoms with Gasteiger partial charge < -0.3 is 14.9 Å². The molecule has 1 unspecified atom stereocenters. The van der Waals surface area contributed by atoms with E-state index in [2.05, 4.69) is 12.1 Å². The Bertz CT molecular complexity index is 908. The zero-order valence-electron chi connectivity index (χ0n) is 16.8. The van der Waals surface area contributed by atoms with Crippen molar-refractivity contribution in [1.82, 2.24) is 0 Å². The van der Waals surface area contributed by atoms with Crippen molar-refractivity contribution in [2.24, 2.45) is 11.8 Å². The minimum absolute atomic E-state index is 0.00493. The average molecular weight is 451 g/mol. The number of aliphatic hydroxyl groups is 1. The molecule has 7 heteroatoms. The van der Waals surface area contributed by atoms with E-state index in [-0.39, 0.29) is 34.9 Å². The van der Waals surface area contributed by atoms with Crippen LogP contribution in [-0.2, 0) is 28.6 Å². The summed E-state index contributed by atoms with van der Waals surface area (Å²) in [5.41, 5.74) is 3.25. The van der Waals surface area contributed by atoms with Crippen LogP contribution in [0.4, 0.5) is 0 Å². The van der Waals surface area contributed by atoms with Crippen LogP contribution in [0.15, 0.2) is 48.5 Å². The molecule has 0 aliphatic heterocycles. The number of carbonyl (C=O) groups excluding carboxylic acids is 1. The maximum Gasteiger partial charge on any atom is 0.356 e. The van der Waals surface area contributed by atoms with Crippen LogP contribution in [0.2, 0.25) is 0 Å². The molecule has 0 bridgehead atoms. The predicted octanol–water partition coefficient (Wildman–Crippen LogP) is 3.40. The fourth-order valence-corrected chi connectivity index (χ4v) is 5.32. The van der Waals surface area contributed by atoms with Gasteiger partial charge in [0.1, 0.15) is 5.78 Å². The van der Waals surface area contributed by atoms with Crippen LogP contribution in [0.25, 0.3) is 0 Å². The molecule has 0 radical (unpaired) electrons. The highest BCUT2D eigenvalue weighted by molar-refractivity contribution is 7.60. The number of Topliss-reactive ketones (excluding diaryl/α,β-unsaturated/α-hetero) is 1. The topological polar surface area (TPSA) is 94.8 Å². The molecular weight excluding hydrogens is 423 g/mol. The van der Waals surface area contributed by atoms with Crippen molar-refractivity contribution in [3.8, 4) is 0 Å². The van der Waals surface area contributed by atoms with Crippen LogP contribution in [-0.4, -0.2) is 32.7 Å². The molecule has 5 nitrogen and oxygen atoms in total. The monoisotopic (exact) mass is 450 g/mol. The van der Waals surface area contributed by atoms with Gasteiger partial charge in [0.25, 0.3) is 0 Å². The lowest BCUT2D eigenvalue weighted by Gasteiger charge is -2.21. The molecule has 162 valence electrons.